The summed E-state index contributed by atoms with van der Waals surface area (Å²) in [7, 11) is 0.356. The Balaban J connectivity index is 2.08. The van der Waals surface area contributed by atoms with Crippen LogP contribution in [0.3, 0.4) is 0 Å². The molecule has 0 aromatic heterocycles. The predicted octanol–water partition coefficient (Wildman–Crippen LogP) is 2.68. The second kappa shape index (κ2) is 7.28. The van der Waals surface area contributed by atoms with Crippen molar-refractivity contribution in [3.63, 3.8) is 0 Å². The van der Waals surface area contributed by atoms with Crippen LogP contribution in [0.5, 0.6) is 5.75 Å². The molecule has 0 unspecified atom stereocenters. The summed E-state index contributed by atoms with van der Waals surface area (Å²) in [6.45, 7) is 0.370. The number of methoxy groups -OCH3 is 1. The molecular formula is C19H21FN2O4S. The highest BCUT2D eigenvalue weighted by Gasteiger charge is 2.29. The number of sulfonamides is 1. The van der Waals surface area contributed by atoms with Crippen LogP contribution >= 0.6 is 0 Å². The molecule has 0 bridgehead atoms. The maximum Gasteiger partial charge on any atom is 0.258 e. The third-order valence-electron chi connectivity index (χ3n) is 4.58. The van der Waals surface area contributed by atoms with E-state index in [1.54, 1.807) is 12.1 Å². The first-order valence-corrected chi connectivity index (χ1v) is 9.91. The maximum absolute atomic E-state index is 14.4. The molecule has 0 N–H and O–H groups in total. The van der Waals surface area contributed by atoms with Crippen molar-refractivity contribution in [2.75, 3.05) is 32.6 Å². The first-order valence-electron chi connectivity index (χ1n) is 8.47. The van der Waals surface area contributed by atoms with Crippen LogP contribution in [0.25, 0.3) is 0 Å². The lowest BCUT2D eigenvalue weighted by molar-refractivity contribution is 0.0984. The molecule has 0 fully saturated rings. The number of aryl methyl sites for hydroxylation is 1. The number of halogens is 1. The molecule has 1 amide bonds. The molecule has 2 aromatic rings. The molecule has 3 rings (SSSR count). The predicted molar refractivity (Wildman–Crippen MR) is 100 cm³/mol. The number of para-hydroxylation sites is 1. The van der Waals surface area contributed by atoms with Crippen molar-refractivity contribution in [2.45, 2.75) is 17.7 Å². The number of carbonyl (C=O) groups is 1. The van der Waals surface area contributed by atoms with Gasteiger partial charge in [-0.15, -0.1) is 0 Å². The smallest absolute Gasteiger partial charge is 0.258 e. The van der Waals surface area contributed by atoms with Crippen molar-refractivity contribution in [3.05, 3.63) is 53.3 Å². The van der Waals surface area contributed by atoms with Crippen LogP contribution < -0.4 is 9.64 Å². The summed E-state index contributed by atoms with van der Waals surface area (Å²) < 4.78 is 45.7. The zero-order chi connectivity index (χ0) is 19.8. The molecule has 0 atom stereocenters. The van der Waals surface area contributed by atoms with Gasteiger partial charge in [0.25, 0.3) is 5.91 Å². The van der Waals surface area contributed by atoms with Crippen molar-refractivity contribution in [2.24, 2.45) is 0 Å². The molecule has 0 saturated carbocycles. The number of fused-ring (bicyclic) bond motifs is 1. The zero-order valence-electron chi connectivity index (χ0n) is 15.4. The molecule has 1 aliphatic rings. The maximum atomic E-state index is 14.4. The van der Waals surface area contributed by atoms with E-state index >= 15 is 0 Å². The lowest BCUT2D eigenvalue weighted by atomic mass is 10.0. The number of nitrogens with zero attached hydrogens (tertiary/aromatic N) is 2. The summed E-state index contributed by atoms with van der Waals surface area (Å²) in [5.74, 6) is -0.764. The number of anilines is 1. The summed E-state index contributed by atoms with van der Waals surface area (Å²) in [5.41, 5.74) is 1.19. The van der Waals surface area contributed by atoms with Crippen LogP contribution in [0, 0.1) is 5.82 Å². The van der Waals surface area contributed by atoms with Crippen molar-refractivity contribution in [3.8, 4) is 5.75 Å². The summed E-state index contributed by atoms with van der Waals surface area (Å²) in [5, 5.41) is 0. The minimum absolute atomic E-state index is 0.105. The van der Waals surface area contributed by atoms with Crippen molar-refractivity contribution >= 4 is 21.6 Å². The Bertz CT molecular complexity index is 989. The van der Waals surface area contributed by atoms with E-state index in [0.717, 1.165) is 9.87 Å². The first-order chi connectivity index (χ1) is 12.8. The Hall–Kier alpha value is -2.45. The molecule has 27 heavy (non-hydrogen) atoms. The van der Waals surface area contributed by atoms with Gasteiger partial charge in [0.1, 0.15) is 16.5 Å². The second-order valence-corrected chi connectivity index (χ2v) is 8.58. The fourth-order valence-corrected chi connectivity index (χ4v) is 4.25. The van der Waals surface area contributed by atoms with Crippen LogP contribution in [0.4, 0.5) is 10.1 Å². The van der Waals surface area contributed by atoms with E-state index in [9.17, 15) is 17.6 Å². The molecule has 8 heteroatoms. The number of amides is 1. The molecule has 1 heterocycles. The Kier molecular flexibility index (Phi) is 5.21. The second-order valence-electron chi connectivity index (χ2n) is 6.46. The van der Waals surface area contributed by atoms with Crippen LogP contribution in [0.2, 0.25) is 0 Å². The molecule has 0 saturated heterocycles. The highest BCUT2D eigenvalue weighted by molar-refractivity contribution is 7.89. The molecular weight excluding hydrogens is 371 g/mol. The lowest BCUT2D eigenvalue weighted by Gasteiger charge is -2.30. The van der Waals surface area contributed by atoms with Gasteiger partial charge in [0.15, 0.2) is 0 Å². The number of hydrogen-bond acceptors (Lipinski definition) is 4. The molecule has 1 aliphatic heterocycles. The van der Waals surface area contributed by atoms with Gasteiger partial charge in [0, 0.05) is 26.2 Å². The Morgan fingerprint density at radius 1 is 1.22 bits per heavy atom. The first kappa shape index (κ1) is 19.3. The number of carbonyl (C=O) groups excluding carboxylic acids is 1. The number of benzene rings is 2. The van der Waals surface area contributed by atoms with Gasteiger partial charge in [-0.05, 0) is 42.7 Å². The van der Waals surface area contributed by atoms with Crippen LogP contribution in [-0.2, 0) is 16.4 Å². The Labute approximate surface area is 158 Å². The number of hydrogen-bond donors (Lipinski definition) is 0. The largest absolute Gasteiger partial charge is 0.495 e. The Morgan fingerprint density at radius 3 is 2.63 bits per heavy atom. The third-order valence-corrected chi connectivity index (χ3v) is 6.42. The summed E-state index contributed by atoms with van der Waals surface area (Å²) in [6, 6.07) is 8.96. The van der Waals surface area contributed by atoms with Gasteiger partial charge in [0.2, 0.25) is 10.0 Å². The summed E-state index contributed by atoms with van der Waals surface area (Å²) in [6.07, 6.45) is 1.40. The van der Waals surface area contributed by atoms with Gasteiger partial charge in [-0.2, -0.15) is 0 Å². The molecule has 0 radical (unpaired) electrons. The highest BCUT2D eigenvalue weighted by atomic mass is 32.2. The van der Waals surface area contributed by atoms with Crippen molar-refractivity contribution in [1.82, 2.24) is 4.31 Å². The van der Waals surface area contributed by atoms with Crippen LogP contribution in [0.1, 0.15) is 22.3 Å². The minimum Gasteiger partial charge on any atom is -0.495 e. The Morgan fingerprint density at radius 2 is 1.96 bits per heavy atom. The monoisotopic (exact) mass is 392 g/mol. The standard InChI is InChI=1S/C19H21FN2O4S/c1-21(2)27(24,25)17-12-14(9-10-16(17)26-3)19(23)22-11-5-7-13-6-4-8-15(20)18(13)22/h4,6,8-10,12H,5,7,11H2,1-3H3. The topological polar surface area (TPSA) is 66.9 Å². The number of rotatable bonds is 4. The zero-order valence-corrected chi connectivity index (χ0v) is 16.2. The van der Waals surface area contributed by atoms with Crippen molar-refractivity contribution in [1.29, 1.82) is 0 Å². The van der Waals surface area contributed by atoms with Crippen LogP contribution in [-0.4, -0.2) is 46.4 Å². The van der Waals surface area contributed by atoms with E-state index in [2.05, 4.69) is 0 Å². The molecule has 0 aliphatic carbocycles. The molecule has 2 aromatic carbocycles. The summed E-state index contributed by atoms with van der Waals surface area (Å²) >= 11 is 0. The third kappa shape index (κ3) is 3.42. The molecule has 0 spiro atoms. The van der Waals surface area contributed by atoms with Gasteiger partial charge in [-0.1, -0.05) is 12.1 Å². The number of ether oxygens (including phenoxy) is 1. The van der Waals surface area contributed by atoms with E-state index in [0.29, 0.717) is 19.4 Å². The fraction of sp³-hybridized carbons (Fsp3) is 0.316. The van der Waals surface area contributed by atoms with Gasteiger partial charge in [0.05, 0.1) is 12.8 Å². The quantitative estimate of drug-likeness (QED) is 0.802. The van der Waals surface area contributed by atoms with Crippen LogP contribution in [0.15, 0.2) is 41.3 Å². The minimum atomic E-state index is -3.81. The molecule has 144 valence electrons. The van der Waals surface area contributed by atoms with E-state index < -0.39 is 21.7 Å². The van der Waals surface area contributed by atoms with Crippen molar-refractivity contribution < 1.29 is 22.3 Å². The highest BCUT2D eigenvalue weighted by Crippen LogP contribution is 2.33. The van der Waals surface area contributed by atoms with E-state index in [4.69, 9.17) is 4.74 Å². The van der Waals surface area contributed by atoms with E-state index in [1.807, 2.05) is 0 Å². The van der Waals surface area contributed by atoms with Gasteiger partial charge in [-0.3, -0.25) is 4.79 Å². The average molecular weight is 392 g/mol. The fourth-order valence-electron chi connectivity index (χ4n) is 3.17. The molecule has 6 nitrogen and oxygen atoms in total. The van der Waals surface area contributed by atoms with Gasteiger partial charge in [-0.25, -0.2) is 17.1 Å². The van der Waals surface area contributed by atoms with Gasteiger partial charge < -0.3 is 9.64 Å². The van der Waals surface area contributed by atoms with E-state index in [-0.39, 0.29) is 21.9 Å². The average Bonchev–Trinajstić information content (AvgIpc) is 2.66. The summed E-state index contributed by atoms with van der Waals surface area (Å²) in [4.78, 5) is 14.3. The SMILES string of the molecule is COc1ccc(C(=O)N2CCCc3cccc(F)c32)cc1S(=O)(=O)N(C)C. The van der Waals surface area contributed by atoms with Gasteiger partial charge >= 0.3 is 0 Å². The van der Waals surface area contributed by atoms with E-state index in [1.165, 1.54) is 50.4 Å². The lowest BCUT2D eigenvalue weighted by Crippen LogP contribution is -2.36. The normalized spacial score (nSPS) is 14.2.